The first-order valence-electron chi connectivity index (χ1n) is 6.55. The summed E-state index contributed by atoms with van der Waals surface area (Å²) < 4.78 is 0. The van der Waals surface area contributed by atoms with E-state index in [2.05, 4.69) is 18.3 Å². The first-order valence-corrected chi connectivity index (χ1v) is 6.55. The quantitative estimate of drug-likeness (QED) is 0.807. The molecule has 17 heavy (non-hydrogen) atoms. The third-order valence-electron chi connectivity index (χ3n) is 3.90. The maximum atomic E-state index is 10.9. The fraction of sp³-hybridized carbons (Fsp3) is 0.533. The van der Waals surface area contributed by atoms with Gasteiger partial charge >= 0.3 is 0 Å². The van der Waals surface area contributed by atoms with Gasteiger partial charge < -0.3 is 5.32 Å². The zero-order valence-corrected chi connectivity index (χ0v) is 10.5. The Morgan fingerprint density at radius 3 is 2.82 bits per heavy atom. The molecule has 1 saturated heterocycles. The van der Waals surface area contributed by atoms with Crippen molar-refractivity contribution in [1.82, 2.24) is 5.32 Å². The van der Waals surface area contributed by atoms with E-state index >= 15 is 0 Å². The number of piperidine rings is 1. The van der Waals surface area contributed by atoms with E-state index < -0.39 is 0 Å². The Hall–Kier alpha value is -1.15. The molecule has 1 heterocycles. The summed E-state index contributed by atoms with van der Waals surface area (Å²) >= 11 is 0. The van der Waals surface area contributed by atoms with Gasteiger partial charge in [-0.25, -0.2) is 0 Å². The molecule has 1 N–H and O–H groups in total. The molecule has 0 saturated carbocycles. The molecule has 0 spiro atoms. The zero-order valence-electron chi connectivity index (χ0n) is 10.5. The molecule has 1 aromatic carbocycles. The van der Waals surface area contributed by atoms with Crippen LogP contribution in [0.2, 0.25) is 0 Å². The summed E-state index contributed by atoms with van der Waals surface area (Å²) in [6.45, 7) is 4.39. The molecule has 0 aliphatic carbocycles. The van der Waals surface area contributed by atoms with Gasteiger partial charge in [-0.15, -0.1) is 0 Å². The Bertz CT molecular complexity index is 381. The molecule has 0 unspecified atom stereocenters. The van der Waals surface area contributed by atoms with E-state index in [-0.39, 0.29) is 0 Å². The number of benzene rings is 1. The van der Waals surface area contributed by atoms with Crippen molar-refractivity contribution in [2.45, 2.75) is 32.6 Å². The lowest BCUT2D eigenvalue weighted by Gasteiger charge is -2.22. The van der Waals surface area contributed by atoms with Crippen molar-refractivity contribution in [3.8, 4) is 0 Å². The van der Waals surface area contributed by atoms with Gasteiger partial charge in [0.2, 0.25) is 0 Å². The van der Waals surface area contributed by atoms with Crippen molar-refractivity contribution in [1.29, 1.82) is 0 Å². The van der Waals surface area contributed by atoms with E-state index in [1.165, 1.54) is 24.8 Å². The number of carbonyl (C=O) groups is 1. The van der Waals surface area contributed by atoms with Crippen molar-refractivity contribution in [2.24, 2.45) is 5.92 Å². The standard InChI is InChI=1S/C15H21NO/c1-12-14(3-2-4-15(12)11-17)6-5-13-7-9-16-10-8-13/h2-4,11,13,16H,5-10H2,1H3. The molecular formula is C15H21NO. The van der Waals surface area contributed by atoms with Crippen LogP contribution in [0.4, 0.5) is 0 Å². The Morgan fingerprint density at radius 1 is 1.35 bits per heavy atom. The van der Waals surface area contributed by atoms with E-state index in [0.717, 1.165) is 42.8 Å². The van der Waals surface area contributed by atoms with Gasteiger partial charge in [-0.2, -0.15) is 0 Å². The normalized spacial score (nSPS) is 17.0. The topological polar surface area (TPSA) is 29.1 Å². The highest BCUT2D eigenvalue weighted by Gasteiger charge is 2.13. The highest BCUT2D eigenvalue weighted by Crippen LogP contribution is 2.21. The third-order valence-corrected chi connectivity index (χ3v) is 3.90. The minimum Gasteiger partial charge on any atom is -0.317 e. The van der Waals surface area contributed by atoms with Crippen LogP contribution in [0.3, 0.4) is 0 Å². The van der Waals surface area contributed by atoms with E-state index in [1.54, 1.807) is 0 Å². The molecule has 2 nitrogen and oxygen atoms in total. The summed E-state index contributed by atoms with van der Waals surface area (Å²) in [6.07, 6.45) is 5.92. The average molecular weight is 231 g/mol. The summed E-state index contributed by atoms with van der Waals surface area (Å²) in [6, 6.07) is 6.05. The summed E-state index contributed by atoms with van der Waals surface area (Å²) in [5, 5.41) is 3.40. The monoisotopic (exact) mass is 231 g/mol. The Morgan fingerprint density at radius 2 is 2.12 bits per heavy atom. The summed E-state index contributed by atoms with van der Waals surface area (Å²) in [7, 11) is 0. The van der Waals surface area contributed by atoms with Gasteiger partial charge in [0.15, 0.2) is 0 Å². The van der Waals surface area contributed by atoms with Gasteiger partial charge in [0, 0.05) is 5.56 Å². The number of carbonyl (C=O) groups excluding carboxylic acids is 1. The van der Waals surface area contributed by atoms with Crippen LogP contribution in [0.15, 0.2) is 18.2 Å². The van der Waals surface area contributed by atoms with Crippen LogP contribution in [-0.4, -0.2) is 19.4 Å². The van der Waals surface area contributed by atoms with Gasteiger partial charge in [-0.05, 0) is 62.7 Å². The number of hydrogen-bond acceptors (Lipinski definition) is 2. The van der Waals surface area contributed by atoms with E-state index in [0.29, 0.717) is 0 Å². The van der Waals surface area contributed by atoms with Gasteiger partial charge in [0.05, 0.1) is 0 Å². The second kappa shape index (κ2) is 5.97. The molecule has 1 aliphatic heterocycles. The summed E-state index contributed by atoms with van der Waals surface area (Å²) in [5.74, 6) is 0.857. The summed E-state index contributed by atoms with van der Waals surface area (Å²) in [4.78, 5) is 10.9. The number of aldehydes is 1. The second-order valence-corrected chi connectivity index (χ2v) is 4.98. The smallest absolute Gasteiger partial charge is 0.150 e. The van der Waals surface area contributed by atoms with Gasteiger partial charge in [0.25, 0.3) is 0 Å². The van der Waals surface area contributed by atoms with Crippen LogP contribution >= 0.6 is 0 Å². The van der Waals surface area contributed by atoms with Crippen molar-refractivity contribution in [3.63, 3.8) is 0 Å². The lowest BCUT2D eigenvalue weighted by molar-refractivity contribution is 0.112. The van der Waals surface area contributed by atoms with Crippen molar-refractivity contribution >= 4 is 6.29 Å². The first kappa shape index (κ1) is 12.3. The lowest BCUT2D eigenvalue weighted by Crippen LogP contribution is -2.27. The minimum atomic E-state index is 0.841. The Kier molecular flexibility index (Phi) is 4.32. The van der Waals surface area contributed by atoms with E-state index in [9.17, 15) is 4.79 Å². The van der Waals surface area contributed by atoms with Crippen LogP contribution in [-0.2, 0) is 6.42 Å². The highest BCUT2D eigenvalue weighted by molar-refractivity contribution is 5.77. The second-order valence-electron chi connectivity index (χ2n) is 4.98. The third kappa shape index (κ3) is 3.16. The summed E-state index contributed by atoms with van der Waals surface area (Å²) in [5.41, 5.74) is 3.34. The molecule has 92 valence electrons. The molecule has 0 amide bonds. The number of rotatable bonds is 4. The predicted molar refractivity (Wildman–Crippen MR) is 70.5 cm³/mol. The maximum Gasteiger partial charge on any atom is 0.150 e. The molecule has 1 aromatic rings. The fourth-order valence-corrected chi connectivity index (χ4v) is 2.63. The lowest BCUT2D eigenvalue weighted by atomic mass is 9.89. The number of hydrogen-bond donors (Lipinski definition) is 1. The molecule has 2 heteroatoms. The molecule has 0 radical (unpaired) electrons. The zero-order chi connectivity index (χ0) is 12.1. The largest absolute Gasteiger partial charge is 0.317 e. The predicted octanol–water partition coefficient (Wildman–Crippen LogP) is 2.74. The van der Waals surface area contributed by atoms with Gasteiger partial charge in [-0.3, -0.25) is 4.79 Å². The molecular weight excluding hydrogens is 210 g/mol. The Labute approximate surface area is 103 Å². The van der Waals surface area contributed by atoms with Crippen LogP contribution in [0.5, 0.6) is 0 Å². The SMILES string of the molecule is Cc1c(C=O)cccc1CCC1CCNCC1. The van der Waals surface area contributed by atoms with Crippen molar-refractivity contribution < 1.29 is 4.79 Å². The average Bonchev–Trinajstić information content (AvgIpc) is 2.39. The maximum absolute atomic E-state index is 10.9. The van der Waals surface area contributed by atoms with Crippen LogP contribution < -0.4 is 5.32 Å². The van der Waals surface area contributed by atoms with Gasteiger partial charge in [0.1, 0.15) is 6.29 Å². The molecule has 0 aromatic heterocycles. The van der Waals surface area contributed by atoms with Crippen molar-refractivity contribution in [3.05, 3.63) is 34.9 Å². The fourth-order valence-electron chi connectivity index (χ4n) is 2.63. The van der Waals surface area contributed by atoms with Crippen LogP contribution in [0.25, 0.3) is 0 Å². The van der Waals surface area contributed by atoms with Gasteiger partial charge in [-0.1, -0.05) is 18.2 Å². The Balaban J connectivity index is 1.96. The number of aryl methyl sites for hydroxylation is 1. The molecule has 1 fully saturated rings. The molecule has 0 bridgehead atoms. The molecule has 0 atom stereocenters. The minimum absolute atomic E-state index is 0.841. The van der Waals surface area contributed by atoms with E-state index in [4.69, 9.17) is 0 Å². The molecule has 2 rings (SSSR count). The van der Waals surface area contributed by atoms with Crippen LogP contribution in [0.1, 0.15) is 40.7 Å². The number of nitrogens with one attached hydrogen (secondary N) is 1. The van der Waals surface area contributed by atoms with Crippen molar-refractivity contribution in [2.75, 3.05) is 13.1 Å². The van der Waals surface area contributed by atoms with E-state index in [1.807, 2.05) is 12.1 Å². The van der Waals surface area contributed by atoms with Crippen LogP contribution in [0, 0.1) is 12.8 Å². The molecule has 1 aliphatic rings. The highest BCUT2D eigenvalue weighted by atomic mass is 16.1. The first-order chi connectivity index (χ1) is 8.31.